The van der Waals surface area contributed by atoms with Crippen LogP contribution in [0.5, 0.6) is 0 Å². The van der Waals surface area contributed by atoms with Crippen molar-refractivity contribution >= 4 is 66.5 Å². The molecule has 24 heavy (non-hydrogen) atoms. The molecule has 0 atom stereocenters. The highest BCUT2D eigenvalue weighted by Gasteiger charge is 2.26. The van der Waals surface area contributed by atoms with Gasteiger partial charge in [0, 0.05) is 29.6 Å². The summed E-state index contributed by atoms with van der Waals surface area (Å²) in [5.41, 5.74) is 0.943. The lowest BCUT2D eigenvalue weighted by molar-refractivity contribution is -0.131. The van der Waals surface area contributed by atoms with Gasteiger partial charge in [0.25, 0.3) is 0 Å². The smallest absolute Gasteiger partial charge is 0.239 e. The van der Waals surface area contributed by atoms with E-state index < -0.39 is 0 Å². The highest BCUT2D eigenvalue weighted by Crippen LogP contribution is 2.36. The van der Waals surface area contributed by atoms with Crippen molar-refractivity contribution in [3.63, 3.8) is 0 Å². The van der Waals surface area contributed by atoms with Crippen LogP contribution in [-0.2, 0) is 9.59 Å². The number of amides is 2. The summed E-state index contributed by atoms with van der Waals surface area (Å²) in [6, 6.07) is 0.569. The minimum atomic E-state index is -0.144. The average molecular weight is 479 g/mol. The third kappa shape index (κ3) is 3.50. The Balaban J connectivity index is 0.000000179. The summed E-state index contributed by atoms with van der Waals surface area (Å²) < 4.78 is 4.20. The Hall–Kier alpha value is -0.990. The van der Waals surface area contributed by atoms with Crippen LogP contribution < -0.4 is 0 Å². The van der Waals surface area contributed by atoms with Crippen molar-refractivity contribution in [2.75, 3.05) is 0 Å². The van der Waals surface area contributed by atoms with E-state index in [2.05, 4.69) is 52.8 Å². The number of nitrogens with zero attached hydrogens (tertiary/aromatic N) is 4. The predicted molar refractivity (Wildman–Crippen MR) is 97.8 cm³/mol. The molecular formula is C15H15Br2ClN4O2. The lowest BCUT2D eigenvalue weighted by Crippen LogP contribution is -2.16. The van der Waals surface area contributed by atoms with Gasteiger partial charge in [0.05, 0.1) is 21.5 Å². The van der Waals surface area contributed by atoms with Crippen LogP contribution in [0.4, 0.5) is 0 Å². The van der Waals surface area contributed by atoms with Crippen LogP contribution in [0.25, 0.3) is 11.0 Å². The van der Waals surface area contributed by atoms with Crippen molar-refractivity contribution < 1.29 is 9.59 Å². The molecule has 1 saturated heterocycles. The summed E-state index contributed by atoms with van der Waals surface area (Å²) in [7, 11) is 0. The molecule has 4 rings (SSSR count). The van der Waals surface area contributed by atoms with Gasteiger partial charge in [0.15, 0.2) is 0 Å². The topological polar surface area (TPSA) is 68.1 Å². The molecule has 0 aromatic carbocycles. The molecule has 1 aliphatic heterocycles. The molecule has 0 N–H and O–H groups in total. The van der Waals surface area contributed by atoms with Crippen molar-refractivity contribution in [1.82, 2.24) is 18.5 Å². The Morgan fingerprint density at radius 2 is 1.75 bits per heavy atom. The van der Waals surface area contributed by atoms with Crippen molar-refractivity contribution in [3.8, 4) is 0 Å². The molecule has 128 valence electrons. The molecule has 2 aliphatic rings. The maximum absolute atomic E-state index is 10.4. The van der Waals surface area contributed by atoms with Crippen molar-refractivity contribution in [2.24, 2.45) is 0 Å². The van der Waals surface area contributed by atoms with Crippen LogP contribution in [0.15, 0.2) is 17.0 Å². The Morgan fingerprint density at radius 1 is 1.12 bits per heavy atom. The molecule has 3 heterocycles. The quantitative estimate of drug-likeness (QED) is 0.346. The molecule has 0 unspecified atom stereocenters. The van der Waals surface area contributed by atoms with Gasteiger partial charge in [0.1, 0.15) is 17.1 Å². The number of hydrogen-bond acceptors (Lipinski definition) is 4. The Morgan fingerprint density at radius 3 is 2.29 bits per heavy atom. The zero-order valence-electron chi connectivity index (χ0n) is 12.7. The van der Waals surface area contributed by atoms with Gasteiger partial charge >= 0.3 is 0 Å². The van der Waals surface area contributed by atoms with Gasteiger partial charge in [-0.05, 0) is 28.8 Å². The van der Waals surface area contributed by atoms with Gasteiger partial charge in [-0.2, -0.15) is 0 Å². The van der Waals surface area contributed by atoms with Crippen LogP contribution in [0.2, 0.25) is 5.15 Å². The SMILES string of the molecule is Clc1ncnc2c1c(Br)cn2C1CCCC1.O=C1CCC(=O)N1Br. The number of rotatable bonds is 1. The predicted octanol–water partition coefficient (Wildman–Crippen LogP) is 4.41. The van der Waals surface area contributed by atoms with E-state index in [1.54, 1.807) is 0 Å². The van der Waals surface area contributed by atoms with Crippen LogP contribution in [0.1, 0.15) is 44.6 Å². The Labute approximate surface area is 161 Å². The molecule has 6 nitrogen and oxygen atoms in total. The Bertz CT molecular complexity index is 773. The Kier molecular flexibility index (Phi) is 5.56. The largest absolute Gasteiger partial charge is 0.328 e. The number of hydrogen-bond donors (Lipinski definition) is 0. The van der Waals surface area contributed by atoms with Crippen molar-refractivity contribution in [3.05, 3.63) is 22.1 Å². The molecule has 2 amide bonds. The van der Waals surface area contributed by atoms with Crippen LogP contribution in [-0.4, -0.2) is 30.3 Å². The van der Waals surface area contributed by atoms with Gasteiger partial charge < -0.3 is 4.57 Å². The standard InChI is InChI=1S/C11H11BrClN3.C4H4BrNO2/c12-8-5-16(7-3-1-2-4-7)11-9(8)10(13)14-6-15-11;5-6-3(7)1-2-4(6)8/h5-7H,1-4H2;1-2H2. The van der Waals surface area contributed by atoms with Crippen LogP contribution in [0, 0.1) is 0 Å². The van der Waals surface area contributed by atoms with E-state index in [-0.39, 0.29) is 11.8 Å². The highest BCUT2D eigenvalue weighted by molar-refractivity contribution is 9.10. The third-order valence-corrected chi connectivity index (χ3v) is 5.90. The molecule has 0 radical (unpaired) electrons. The number of carbonyl (C=O) groups excluding carboxylic acids is 2. The molecule has 0 bridgehead atoms. The van der Waals surface area contributed by atoms with Gasteiger partial charge in [-0.25, -0.2) is 13.9 Å². The van der Waals surface area contributed by atoms with E-state index in [0.717, 1.165) is 19.4 Å². The average Bonchev–Trinajstić information content (AvgIpc) is 3.26. The van der Waals surface area contributed by atoms with E-state index in [1.807, 2.05) is 0 Å². The van der Waals surface area contributed by atoms with Crippen molar-refractivity contribution in [1.29, 1.82) is 0 Å². The third-order valence-electron chi connectivity index (χ3n) is 4.23. The maximum atomic E-state index is 10.4. The second-order valence-corrected chi connectivity index (χ2v) is 7.68. The summed E-state index contributed by atoms with van der Waals surface area (Å²) in [6.07, 6.45) is 9.40. The molecule has 2 fully saturated rings. The lowest BCUT2D eigenvalue weighted by atomic mass is 10.2. The molecule has 2 aromatic rings. The van der Waals surface area contributed by atoms with E-state index in [9.17, 15) is 9.59 Å². The van der Waals surface area contributed by atoms with Gasteiger partial charge in [-0.15, -0.1) is 0 Å². The van der Waals surface area contributed by atoms with E-state index in [4.69, 9.17) is 11.6 Å². The monoisotopic (exact) mass is 476 g/mol. The minimum Gasteiger partial charge on any atom is -0.328 e. The summed E-state index contributed by atoms with van der Waals surface area (Å²) in [6.45, 7) is 0. The second-order valence-electron chi connectivity index (χ2n) is 5.75. The van der Waals surface area contributed by atoms with E-state index >= 15 is 0 Å². The van der Waals surface area contributed by atoms with E-state index in [1.165, 1.54) is 32.0 Å². The maximum Gasteiger partial charge on any atom is 0.239 e. The molecule has 2 aromatic heterocycles. The summed E-state index contributed by atoms with van der Waals surface area (Å²) in [5.74, 6) is -0.287. The van der Waals surface area contributed by atoms with E-state index in [0.29, 0.717) is 24.0 Å². The zero-order chi connectivity index (χ0) is 17.3. The summed E-state index contributed by atoms with van der Waals surface area (Å²) in [5, 5.41) is 1.45. The fourth-order valence-corrected chi connectivity index (χ4v) is 4.30. The fraction of sp³-hybridized carbons (Fsp3) is 0.467. The van der Waals surface area contributed by atoms with Crippen molar-refractivity contribution in [2.45, 2.75) is 44.6 Å². The van der Waals surface area contributed by atoms with Crippen LogP contribution in [0.3, 0.4) is 0 Å². The summed E-state index contributed by atoms with van der Waals surface area (Å²) >= 11 is 12.4. The normalized spacial score (nSPS) is 18.4. The minimum absolute atomic E-state index is 0.144. The lowest BCUT2D eigenvalue weighted by Gasteiger charge is -2.11. The highest BCUT2D eigenvalue weighted by atomic mass is 79.9. The first-order valence-electron chi connectivity index (χ1n) is 7.67. The zero-order valence-corrected chi connectivity index (χ0v) is 16.6. The van der Waals surface area contributed by atoms with Gasteiger partial charge in [-0.3, -0.25) is 9.59 Å². The number of fused-ring (bicyclic) bond motifs is 1. The first-order valence-corrected chi connectivity index (χ1v) is 9.55. The second kappa shape index (κ2) is 7.49. The molecular weight excluding hydrogens is 463 g/mol. The molecule has 0 spiro atoms. The first kappa shape index (κ1) is 17.8. The summed E-state index contributed by atoms with van der Waals surface area (Å²) in [4.78, 5) is 29.2. The van der Waals surface area contributed by atoms with Crippen LogP contribution >= 0.6 is 43.7 Å². The fourth-order valence-electron chi connectivity index (χ4n) is 3.01. The first-order chi connectivity index (χ1) is 11.5. The number of aromatic nitrogens is 3. The molecule has 9 heteroatoms. The molecule has 1 aliphatic carbocycles. The van der Waals surface area contributed by atoms with Gasteiger partial charge in [-0.1, -0.05) is 24.4 Å². The number of imide groups is 1. The van der Waals surface area contributed by atoms with Gasteiger partial charge in [0.2, 0.25) is 11.8 Å². The molecule has 1 saturated carbocycles. The number of carbonyl (C=O) groups is 2. The number of halogens is 3.